The number of benzene rings is 1. The highest BCUT2D eigenvalue weighted by molar-refractivity contribution is 5.95. The van der Waals surface area contributed by atoms with Gasteiger partial charge in [0.25, 0.3) is 5.91 Å². The Labute approximate surface area is 142 Å². The highest BCUT2D eigenvalue weighted by Gasteiger charge is 2.16. The molecule has 7 heteroatoms. The Bertz CT molecular complexity index is 533. The molecular weight excluding hydrogens is 314 g/mol. The Kier molecular flexibility index (Phi) is 8.46. The first-order valence-corrected chi connectivity index (χ1v) is 7.81. The molecule has 0 spiro atoms. The van der Waals surface area contributed by atoms with Gasteiger partial charge in [0.05, 0.1) is 27.9 Å². The molecule has 1 rings (SSSR count). The van der Waals surface area contributed by atoms with E-state index < -0.39 is 0 Å². The van der Waals surface area contributed by atoms with E-state index in [9.17, 15) is 9.59 Å². The van der Waals surface area contributed by atoms with E-state index in [2.05, 4.69) is 5.32 Å². The van der Waals surface area contributed by atoms with Gasteiger partial charge in [-0.1, -0.05) is 0 Å². The molecule has 0 radical (unpaired) electrons. The van der Waals surface area contributed by atoms with Crippen LogP contribution in [0.4, 0.5) is 0 Å². The number of hydrogen-bond donors (Lipinski definition) is 1. The predicted octanol–water partition coefficient (Wildman–Crippen LogP) is 2.18. The van der Waals surface area contributed by atoms with E-state index in [4.69, 9.17) is 18.9 Å². The van der Waals surface area contributed by atoms with Gasteiger partial charge in [0.1, 0.15) is 0 Å². The average Bonchev–Trinajstić information content (AvgIpc) is 2.59. The third kappa shape index (κ3) is 5.64. The normalized spacial score (nSPS) is 10.0. The zero-order valence-corrected chi connectivity index (χ0v) is 14.6. The van der Waals surface area contributed by atoms with Crippen LogP contribution in [-0.4, -0.2) is 46.4 Å². The standard InChI is InChI=1S/C17H25NO6/c1-5-24-15(19)8-6-7-9-18-17(20)12-10-13(21-2)16(23-4)14(11-12)22-3/h10-11H,5-9H2,1-4H3,(H,18,20). The molecule has 0 atom stereocenters. The van der Waals surface area contributed by atoms with Crippen LogP contribution in [0, 0.1) is 0 Å². The molecule has 0 unspecified atom stereocenters. The van der Waals surface area contributed by atoms with Gasteiger partial charge in [0.15, 0.2) is 11.5 Å². The van der Waals surface area contributed by atoms with Crippen LogP contribution in [0.1, 0.15) is 36.5 Å². The first kappa shape index (κ1) is 19.6. The minimum absolute atomic E-state index is 0.214. The second-order valence-electron chi connectivity index (χ2n) is 4.93. The number of carbonyl (C=O) groups is 2. The lowest BCUT2D eigenvalue weighted by atomic mass is 10.1. The monoisotopic (exact) mass is 339 g/mol. The van der Waals surface area contributed by atoms with Crippen LogP contribution in [0.25, 0.3) is 0 Å². The van der Waals surface area contributed by atoms with Crippen LogP contribution in [0.3, 0.4) is 0 Å². The number of amides is 1. The van der Waals surface area contributed by atoms with Crippen LogP contribution < -0.4 is 19.5 Å². The maximum atomic E-state index is 12.2. The molecule has 1 aromatic carbocycles. The van der Waals surface area contributed by atoms with Crippen molar-refractivity contribution in [2.75, 3.05) is 34.5 Å². The SMILES string of the molecule is CCOC(=O)CCCCNC(=O)c1cc(OC)c(OC)c(OC)c1. The fraction of sp³-hybridized carbons (Fsp3) is 0.529. The minimum atomic E-state index is -0.245. The summed E-state index contributed by atoms with van der Waals surface area (Å²) in [5, 5.41) is 2.80. The molecule has 24 heavy (non-hydrogen) atoms. The summed E-state index contributed by atoms with van der Waals surface area (Å²) < 4.78 is 20.5. The van der Waals surface area contributed by atoms with Crippen LogP contribution in [0.15, 0.2) is 12.1 Å². The fourth-order valence-electron chi connectivity index (χ4n) is 2.14. The molecule has 1 amide bonds. The van der Waals surface area contributed by atoms with E-state index >= 15 is 0 Å². The van der Waals surface area contributed by atoms with Crippen LogP contribution in [-0.2, 0) is 9.53 Å². The summed E-state index contributed by atoms with van der Waals surface area (Å²) in [5.74, 6) is 0.818. The number of esters is 1. The van der Waals surface area contributed by atoms with Crippen molar-refractivity contribution in [1.29, 1.82) is 0 Å². The molecular formula is C17H25NO6. The lowest BCUT2D eigenvalue weighted by Gasteiger charge is -2.14. The summed E-state index contributed by atoms with van der Waals surface area (Å²) in [7, 11) is 4.49. The summed E-state index contributed by atoms with van der Waals surface area (Å²) >= 11 is 0. The highest BCUT2D eigenvalue weighted by atomic mass is 16.5. The van der Waals surface area contributed by atoms with E-state index in [0.717, 1.165) is 0 Å². The summed E-state index contributed by atoms with van der Waals surface area (Å²) in [6, 6.07) is 3.19. The van der Waals surface area contributed by atoms with Gasteiger partial charge in [0.2, 0.25) is 5.75 Å². The van der Waals surface area contributed by atoms with Crippen molar-refractivity contribution in [1.82, 2.24) is 5.32 Å². The molecule has 0 fully saturated rings. The molecule has 0 aliphatic rings. The summed E-state index contributed by atoms with van der Waals surface area (Å²) in [5.41, 5.74) is 0.412. The number of ether oxygens (including phenoxy) is 4. The fourth-order valence-corrected chi connectivity index (χ4v) is 2.14. The van der Waals surface area contributed by atoms with Gasteiger partial charge >= 0.3 is 5.97 Å². The Morgan fingerprint density at radius 2 is 1.62 bits per heavy atom. The molecule has 0 aliphatic heterocycles. The predicted molar refractivity (Wildman–Crippen MR) is 88.9 cm³/mol. The maximum absolute atomic E-state index is 12.2. The van der Waals surface area contributed by atoms with Crippen molar-refractivity contribution in [3.63, 3.8) is 0 Å². The van der Waals surface area contributed by atoms with Crippen LogP contribution >= 0.6 is 0 Å². The van der Waals surface area contributed by atoms with Gasteiger partial charge in [-0.3, -0.25) is 9.59 Å². The van der Waals surface area contributed by atoms with E-state index in [0.29, 0.717) is 55.2 Å². The molecule has 0 bridgehead atoms. The summed E-state index contributed by atoms with van der Waals surface area (Å²) in [4.78, 5) is 23.4. The third-order valence-corrected chi connectivity index (χ3v) is 3.33. The molecule has 1 aromatic rings. The molecule has 0 heterocycles. The third-order valence-electron chi connectivity index (χ3n) is 3.33. The lowest BCUT2D eigenvalue weighted by Crippen LogP contribution is -2.24. The zero-order valence-electron chi connectivity index (χ0n) is 14.6. The largest absolute Gasteiger partial charge is 0.493 e. The van der Waals surface area contributed by atoms with Gasteiger partial charge < -0.3 is 24.3 Å². The first-order chi connectivity index (χ1) is 11.6. The summed E-state index contributed by atoms with van der Waals surface area (Å²) in [6.45, 7) is 2.63. The molecule has 0 saturated heterocycles. The second kappa shape index (κ2) is 10.4. The van der Waals surface area contributed by atoms with E-state index in [1.807, 2.05) is 0 Å². The molecule has 7 nitrogen and oxygen atoms in total. The zero-order chi connectivity index (χ0) is 17.9. The Morgan fingerprint density at radius 3 is 2.12 bits per heavy atom. The van der Waals surface area contributed by atoms with Crippen molar-refractivity contribution in [2.45, 2.75) is 26.2 Å². The van der Waals surface area contributed by atoms with Gasteiger partial charge in [0, 0.05) is 18.5 Å². The van der Waals surface area contributed by atoms with Crippen molar-refractivity contribution < 1.29 is 28.5 Å². The first-order valence-electron chi connectivity index (χ1n) is 7.81. The van der Waals surface area contributed by atoms with E-state index in [1.54, 1.807) is 19.1 Å². The highest BCUT2D eigenvalue weighted by Crippen LogP contribution is 2.38. The number of methoxy groups -OCH3 is 3. The summed E-state index contributed by atoms with van der Waals surface area (Å²) in [6.07, 6.45) is 1.71. The number of carbonyl (C=O) groups excluding carboxylic acids is 2. The Balaban J connectivity index is 2.57. The number of nitrogens with one attached hydrogen (secondary N) is 1. The van der Waals surface area contributed by atoms with Gasteiger partial charge in [-0.25, -0.2) is 0 Å². The molecule has 134 valence electrons. The lowest BCUT2D eigenvalue weighted by molar-refractivity contribution is -0.143. The van der Waals surface area contributed by atoms with Crippen molar-refractivity contribution >= 4 is 11.9 Å². The second-order valence-corrected chi connectivity index (χ2v) is 4.93. The Hall–Kier alpha value is -2.44. The molecule has 1 N–H and O–H groups in total. The van der Waals surface area contributed by atoms with Crippen LogP contribution in [0.2, 0.25) is 0 Å². The van der Waals surface area contributed by atoms with Gasteiger partial charge in [-0.05, 0) is 31.9 Å². The topological polar surface area (TPSA) is 83.1 Å². The Morgan fingerprint density at radius 1 is 1.00 bits per heavy atom. The van der Waals surface area contributed by atoms with E-state index in [1.165, 1.54) is 21.3 Å². The minimum Gasteiger partial charge on any atom is -0.493 e. The average molecular weight is 339 g/mol. The van der Waals surface area contributed by atoms with Crippen molar-refractivity contribution in [3.8, 4) is 17.2 Å². The smallest absolute Gasteiger partial charge is 0.305 e. The quantitative estimate of drug-likeness (QED) is 0.520. The molecule has 0 aliphatic carbocycles. The van der Waals surface area contributed by atoms with E-state index in [-0.39, 0.29) is 11.9 Å². The number of rotatable bonds is 10. The van der Waals surface area contributed by atoms with Gasteiger partial charge in [-0.15, -0.1) is 0 Å². The number of hydrogen-bond acceptors (Lipinski definition) is 6. The van der Waals surface area contributed by atoms with Gasteiger partial charge in [-0.2, -0.15) is 0 Å². The number of unbranched alkanes of at least 4 members (excludes halogenated alkanes) is 1. The molecule has 0 aromatic heterocycles. The molecule has 0 saturated carbocycles. The van der Waals surface area contributed by atoms with Crippen molar-refractivity contribution in [3.05, 3.63) is 17.7 Å². The van der Waals surface area contributed by atoms with Crippen molar-refractivity contribution in [2.24, 2.45) is 0 Å². The van der Waals surface area contributed by atoms with Crippen LogP contribution in [0.5, 0.6) is 17.2 Å². The maximum Gasteiger partial charge on any atom is 0.305 e.